The summed E-state index contributed by atoms with van der Waals surface area (Å²) in [5.74, 6) is 0. The maximum atomic E-state index is 9.51. The fourth-order valence-electron chi connectivity index (χ4n) is 1.23. The van der Waals surface area contributed by atoms with Crippen LogP contribution in [0.3, 0.4) is 0 Å². The Bertz CT molecular complexity index is 411. The van der Waals surface area contributed by atoms with E-state index in [9.17, 15) is 5.11 Å². The van der Waals surface area contributed by atoms with Crippen molar-refractivity contribution in [2.75, 3.05) is 6.54 Å². The number of nitrogens with two attached hydrogens (primary N) is 1. The third kappa shape index (κ3) is 1.28. The third-order valence-corrected chi connectivity index (χ3v) is 1.91. The lowest BCUT2D eigenvalue weighted by molar-refractivity contribution is 0.181. The van der Waals surface area contributed by atoms with Gasteiger partial charge in [0.1, 0.15) is 6.10 Å². The summed E-state index contributed by atoms with van der Waals surface area (Å²) in [4.78, 5) is 7.99. The SMILES string of the molecule is NCC(O)c1cnc2cnccn12. The number of imidazole rings is 1. The van der Waals surface area contributed by atoms with Crippen molar-refractivity contribution in [1.82, 2.24) is 14.4 Å². The van der Waals surface area contributed by atoms with Gasteiger partial charge >= 0.3 is 0 Å². The number of hydrogen-bond acceptors (Lipinski definition) is 4. The van der Waals surface area contributed by atoms with E-state index in [4.69, 9.17) is 5.73 Å². The highest BCUT2D eigenvalue weighted by Crippen LogP contribution is 2.12. The second kappa shape index (κ2) is 3.12. The zero-order chi connectivity index (χ0) is 9.26. The molecule has 0 radical (unpaired) electrons. The zero-order valence-corrected chi connectivity index (χ0v) is 6.96. The quantitative estimate of drug-likeness (QED) is 0.663. The van der Waals surface area contributed by atoms with Crippen molar-refractivity contribution in [3.05, 3.63) is 30.5 Å². The van der Waals surface area contributed by atoms with E-state index in [0.717, 1.165) is 0 Å². The molecule has 5 nitrogen and oxygen atoms in total. The average molecular weight is 178 g/mol. The van der Waals surface area contributed by atoms with Gasteiger partial charge in [-0.2, -0.15) is 0 Å². The van der Waals surface area contributed by atoms with Crippen molar-refractivity contribution in [2.24, 2.45) is 5.73 Å². The molecule has 2 rings (SSSR count). The Morgan fingerprint density at radius 1 is 1.54 bits per heavy atom. The van der Waals surface area contributed by atoms with E-state index in [1.54, 1.807) is 29.2 Å². The molecule has 1 unspecified atom stereocenters. The van der Waals surface area contributed by atoms with Crippen LogP contribution in [0.25, 0.3) is 5.65 Å². The van der Waals surface area contributed by atoms with Gasteiger partial charge in [-0.1, -0.05) is 0 Å². The van der Waals surface area contributed by atoms with Crippen LogP contribution in [0.15, 0.2) is 24.8 Å². The minimum absolute atomic E-state index is 0.191. The van der Waals surface area contributed by atoms with Crippen LogP contribution in [0, 0.1) is 0 Å². The highest BCUT2D eigenvalue weighted by molar-refractivity contribution is 5.37. The van der Waals surface area contributed by atoms with Gasteiger partial charge in [0.15, 0.2) is 5.65 Å². The molecule has 13 heavy (non-hydrogen) atoms. The second-order valence-electron chi connectivity index (χ2n) is 2.74. The van der Waals surface area contributed by atoms with Crippen LogP contribution in [0.1, 0.15) is 11.8 Å². The van der Waals surface area contributed by atoms with E-state index < -0.39 is 6.10 Å². The normalized spacial score (nSPS) is 13.4. The Morgan fingerprint density at radius 3 is 3.15 bits per heavy atom. The number of nitrogens with zero attached hydrogens (tertiary/aromatic N) is 3. The highest BCUT2D eigenvalue weighted by Gasteiger charge is 2.10. The smallest absolute Gasteiger partial charge is 0.155 e. The number of aromatic nitrogens is 3. The summed E-state index contributed by atoms with van der Waals surface area (Å²) in [5.41, 5.74) is 6.75. The summed E-state index contributed by atoms with van der Waals surface area (Å²) in [7, 11) is 0. The molecule has 0 aliphatic heterocycles. The van der Waals surface area contributed by atoms with E-state index >= 15 is 0 Å². The summed E-state index contributed by atoms with van der Waals surface area (Å²) in [5, 5.41) is 9.51. The molecule has 1 atom stereocenters. The van der Waals surface area contributed by atoms with Crippen LogP contribution < -0.4 is 5.73 Å². The van der Waals surface area contributed by atoms with Crippen LogP contribution in [0.5, 0.6) is 0 Å². The van der Waals surface area contributed by atoms with Gasteiger partial charge in [0.05, 0.1) is 18.1 Å². The number of rotatable bonds is 2. The molecule has 0 aliphatic rings. The molecule has 2 aromatic rings. The molecule has 0 saturated heterocycles. The number of hydrogen-bond donors (Lipinski definition) is 2. The lowest BCUT2D eigenvalue weighted by Crippen LogP contribution is -2.13. The summed E-state index contributed by atoms with van der Waals surface area (Å²) in [6, 6.07) is 0. The molecule has 0 fully saturated rings. The first-order valence-corrected chi connectivity index (χ1v) is 3.98. The van der Waals surface area contributed by atoms with Crippen LogP contribution in [-0.4, -0.2) is 26.0 Å². The zero-order valence-electron chi connectivity index (χ0n) is 6.96. The van der Waals surface area contributed by atoms with Crippen molar-refractivity contribution >= 4 is 5.65 Å². The lowest BCUT2D eigenvalue weighted by atomic mass is 10.3. The second-order valence-corrected chi connectivity index (χ2v) is 2.74. The van der Waals surface area contributed by atoms with Gasteiger partial charge in [0.2, 0.25) is 0 Å². The molecule has 0 bridgehead atoms. The van der Waals surface area contributed by atoms with Gasteiger partial charge in [0, 0.05) is 18.9 Å². The first-order chi connectivity index (χ1) is 6.33. The molecule has 2 aromatic heterocycles. The minimum atomic E-state index is -0.669. The standard InChI is InChI=1S/C8H10N4O/c9-3-7(13)6-4-11-8-5-10-1-2-12(6)8/h1-2,4-5,7,13H,3,9H2. The summed E-state index contributed by atoms with van der Waals surface area (Å²) in [6.07, 6.45) is 5.96. The molecule has 5 heteroatoms. The molecule has 3 N–H and O–H groups in total. The molecule has 68 valence electrons. The molecule has 0 aliphatic carbocycles. The van der Waals surface area contributed by atoms with E-state index in [2.05, 4.69) is 9.97 Å². The van der Waals surface area contributed by atoms with E-state index in [1.165, 1.54) is 0 Å². The van der Waals surface area contributed by atoms with Crippen molar-refractivity contribution in [2.45, 2.75) is 6.10 Å². The van der Waals surface area contributed by atoms with Crippen LogP contribution in [0.4, 0.5) is 0 Å². The molecule has 0 spiro atoms. The average Bonchev–Trinajstić information content (AvgIpc) is 2.60. The predicted octanol–water partition coefficient (Wildman–Crippen LogP) is -0.279. The van der Waals surface area contributed by atoms with E-state index in [0.29, 0.717) is 11.3 Å². The number of aliphatic hydroxyl groups is 1. The maximum absolute atomic E-state index is 9.51. The predicted molar refractivity (Wildman–Crippen MR) is 47.0 cm³/mol. The molecular weight excluding hydrogens is 168 g/mol. The molecule has 2 heterocycles. The molecular formula is C8H10N4O. The maximum Gasteiger partial charge on any atom is 0.155 e. The van der Waals surface area contributed by atoms with Crippen LogP contribution in [0.2, 0.25) is 0 Å². The monoisotopic (exact) mass is 178 g/mol. The number of fused-ring (bicyclic) bond motifs is 1. The minimum Gasteiger partial charge on any atom is -0.385 e. The van der Waals surface area contributed by atoms with Gasteiger partial charge < -0.3 is 10.8 Å². The summed E-state index contributed by atoms with van der Waals surface area (Å²) < 4.78 is 1.77. The first kappa shape index (κ1) is 8.15. The Balaban J connectivity index is 2.57. The fraction of sp³-hybridized carbons (Fsp3) is 0.250. The van der Waals surface area contributed by atoms with Gasteiger partial charge in [-0.3, -0.25) is 9.38 Å². The summed E-state index contributed by atoms with van der Waals surface area (Å²) in [6.45, 7) is 0.191. The van der Waals surface area contributed by atoms with E-state index in [-0.39, 0.29) is 6.54 Å². The van der Waals surface area contributed by atoms with Crippen molar-refractivity contribution in [3.63, 3.8) is 0 Å². The molecule has 0 amide bonds. The Labute approximate surface area is 74.9 Å². The lowest BCUT2D eigenvalue weighted by Gasteiger charge is -2.05. The van der Waals surface area contributed by atoms with Crippen molar-refractivity contribution in [1.29, 1.82) is 0 Å². The Hall–Kier alpha value is -1.46. The van der Waals surface area contributed by atoms with Crippen LogP contribution >= 0.6 is 0 Å². The largest absolute Gasteiger partial charge is 0.385 e. The number of aliphatic hydroxyl groups excluding tert-OH is 1. The van der Waals surface area contributed by atoms with Gasteiger partial charge in [-0.25, -0.2) is 4.98 Å². The Kier molecular flexibility index (Phi) is 1.96. The van der Waals surface area contributed by atoms with Crippen LogP contribution in [-0.2, 0) is 0 Å². The molecule has 0 aromatic carbocycles. The third-order valence-electron chi connectivity index (χ3n) is 1.91. The highest BCUT2D eigenvalue weighted by atomic mass is 16.3. The van der Waals surface area contributed by atoms with Crippen molar-refractivity contribution in [3.8, 4) is 0 Å². The summed E-state index contributed by atoms with van der Waals surface area (Å²) >= 11 is 0. The topological polar surface area (TPSA) is 76.4 Å². The molecule has 0 saturated carbocycles. The fourth-order valence-corrected chi connectivity index (χ4v) is 1.23. The van der Waals surface area contributed by atoms with Gasteiger partial charge in [0.25, 0.3) is 0 Å². The Morgan fingerprint density at radius 2 is 2.38 bits per heavy atom. The first-order valence-electron chi connectivity index (χ1n) is 3.98. The van der Waals surface area contributed by atoms with Crippen molar-refractivity contribution < 1.29 is 5.11 Å². The van der Waals surface area contributed by atoms with E-state index in [1.807, 2.05) is 0 Å². The van der Waals surface area contributed by atoms with Gasteiger partial charge in [-0.05, 0) is 0 Å². The van der Waals surface area contributed by atoms with Gasteiger partial charge in [-0.15, -0.1) is 0 Å².